The van der Waals surface area contributed by atoms with Crippen LogP contribution < -0.4 is 5.73 Å². The second-order valence-corrected chi connectivity index (χ2v) is 8.31. The number of primary amides is 1. The lowest BCUT2D eigenvalue weighted by molar-refractivity contribution is -0.130. The Bertz CT molecular complexity index is 648. The van der Waals surface area contributed by atoms with Crippen molar-refractivity contribution in [1.29, 1.82) is 0 Å². The number of halogens is 2. The number of rotatable bonds is 4. The maximum absolute atomic E-state index is 13.2. The lowest BCUT2D eigenvalue weighted by Gasteiger charge is -2.47. The normalized spacial score (nSPS) is 44.2. The molecule has 0 spiro atoms. The van der Waals surface area contributed by atoms with Gasteiger partial charge in [0.1, 0.15) is 0 Å². The summed E-state index contributed by atoms with van der Waals surface area (Å²) in [6.07, 6.45) is 0.730. The molecule has 0 aliphatic heterocycles. The Morgan fingerprint density at radius 2 is 1.96 bits per heavy atom. The summed E-state index contributed by atoms with van der Waals surface area (Å²) in [5, 5.41) is 0. The van der Waals surface area contributed by atoms with Crippen molar-refractivity contribution >= 4 is 5.91 Å². The maximum atomic E-state index is 13.2. The van der Waals surface area contributed by atoms with E-state index in [2.05, 4.69) is 12.1 Å². The van der Waals surface area contributed by atoms with Crippen molar-refractivity contribution in [1.82, 2.24) is 0 Å². The molecule has 0 heterocycles. The van der Waals surface area contributed by atoms with Crippen molar-refractivity contribution in [2.45, 2.75) is 50.9 Å². The van der Waals surface area contributed by atoms with Crippen LogP contribution in [0.4, 0.5) is 8.78 Å². The van der Waals surface area contributed by atoms with Gasteiger partial charge in [-0.3, -0.25) is 4.79 Å². The first-order chi connectivity index (χ1) is 10.8. The molecule has 4 bridgehead atoms. The Balaban J connectivity index is 1.80. The molecule has 4 fully saturated rings. The van der Waals surface area contributed by atoms with E-state index in [1.165, 1.54) is 5.56 Å². The SMILES string of the molecule is CC1(CC(F)F)C2CC3(c4ccccc4)CC1C(C(N)=O)(C2)C3. The molecule has 5 unspecified atom stereocenters. The highest BCUT2D eigenvalue weighted by atomic mass is 19.3. The van der Waals surface area contributed by atoms with Gasteiger partial charge in [0, 0.05) is 6.42 Å². The first kappa shape index (κ1) is 15.1. The van der Waals surface area contributed by atoms with Gasteiger partial charge in [-0.2, -0.15) is 0 Å². The van der Waals surface area contributed by atoms with Gasteiger partial charge < -0.3 is 5.73 Å². The van der Waals surface area contributed by atoms with Gasteiger partial charge in [0.15, 0.2) is 0 Å². The average Bonchev–Trinajstić information content (AvgIpc) is 2.85. The third kappa shape index (κ3) is 1.81. The predicted octanol–water partition coefficient (Wildman–Crippen LogP) is 3.89. The van der Waals surface area contributed by atoms with E-state index in [9.17, 15) is 13.6 Å². The van der Waals surface area contributed by atoms with E-state index >= 15 is 0 Å². The van der Waals surface area contributed by atoms with Crippen molar-refractivity contribution in [2.75, 3.05) is 0 Å². The first-order valence-corrected chi connectivity index (χ1v) is 8.46. The van der Waals surface area contributed by atoms with E-state index in [1.54, 1.807) is 0 Å². The molecule has 1 amide bonds. The van der Waals surface area contributed by atoms with Crippen molar-refractivity contribution in [3.63, 3.8) is 0 Å². The molecule has 2 nitrogen and oxygen atoms in total. The summed E-state index contributed by atoms with van der Waals surface area (Å²) in [5.74, 6) is -0.125. The fourth-order valence-corrected chi connectivity index (χ4v) is 6.48. The summed E-state index contributed by atoms with van der Waals surface area (Å²) >= 11 is 0. The number of carbonyl (C=O) groups excluding carboxylic acids is 1. The van der Waals surface area contributed by atoms with E-state index in [4.69, 9.17) is 5.73 Å². The van der Waals surface area contributed by atoms with Crippen LogP contribution in [0.15, 0.2) is 30.3 Å². The number of nitrogens with two attached hydrogens (primary N) is 1. The van der Waals surface area contributed by atoms with Gasteiger partial charge in [-0.25, -0.2) is 8.78 Å². The van der Waals surface area contributed by atoms with Gasteiger partial charge in [0.25, 0.3) is 0 Å². The number of hydrogen-bond donors (Lipinski definition) is 1. The van der Waals surface area contributed by atoms with Crippen LogP contribution in [-0.4, -0.2) is 12.3 Å². The minimum atomic E-state index is -2.32. The highest BCUT2D eigenvalue weighted by Gasteiger charge is 2.74. The molecule has 124 valence electrons. The van der Waals surface area contributed by atoms with Crippen LogP contribution in [0.2, 0.25) is 0 Å². The Labute approximate surface area is 135 Å². The molecular formula is C19H23F2NO. The van der Waals surface area contributed by atoms with Crippen LogP contribution >= 0.6 is 0 Å². The molecule has 5 atom stereocenters. The van der Waals surface area contributed by atoms with Crippen molar-refractivity contribution in [3.8, 4) is 0 Å². The highest BCUT2D eigenvalue weighted by Crippen LogP contribution is 2.77. The van der Waals surface area contributed by atoms with Crippen LogP contribution in [0.1, 0.15) is 44.6 Å². The van der Waals surface area contributed by atoms with E-state index < -0.39 is 17.3 Å². The summed E-state index contributed by atoms with van der Waals surface area (Å²) in [6.45, 7) is 1.97. The number of hydrogen-bond acceptors (Lipinski definition) is 1. The van der Waals surface area contributed by atoms with Gasteiger partial charge in [0.2, 0.25) is 12.3 Å². The maximum Gasteiger partial charge on any atom is 0.239 e. The highest BCUT2D eigenvalue weighted by molar-refractivity contribution is 5.83. The van der Waals surface area contributed by atoms with Gasteiger partial charge in [0.05, 0.1) is 5.41 Å². The molecule has 2 N–H and O–H groups in total. The number of alkyl halides is 2. The van der Waals surface area contributed by atoms with Gasteiger partial charge in [-0.1, -0.05) is 37.3 Å². The summed E-state index contributed by atoms with van der Waals surface area (Å²) in [4.78, 5) is 12.4. The van der Waals surface area contributed by atoms with Gasteiger partial charge in [-0.05, 0) is 53.9 Å². The second-order valence-electron chi connectivity index (χ2n) is 8.31. The van der Waals surface area contributed by atoms with Crippen molar-refractivity contribution in [3.05, 3.63) is 35.9 Å². The minimum Gasteiger partial charge on any atom is -0.369 e. The molecular weight excluding hydrogens is 296 g/mol. The number of carbonyl (C=O) groups is 1. The quantitative estimate of drug-likeness (QED) is 0.899. The minimum absolute atomic E-state index is 0.0135. The molecule has 1 aromatic carbocycles. The summed E-state index contributed by atoms with van der Waals surface area (Å²) < 4.78 is 26.4. The van der Waals surface area contributed by atoms with E-state index in [0.717, 1.165) is 19.3 Å². The van der Waals surface area contributed by atoms with Crippen LogP contribution in [0.25, 0.3) is 0 Å². The molecule has 4 aliphatic rings. The second kappa shape index (κ2) is 4.55. The van der Waals surface area contributed by atoms with Gasteiger partial charge in [-0.15, -0.1) is 0 Å². The van der Waals surface area contributed by atoms with E-state index in [-0.39, 0.29) is 29.6 Å². The average molecular weight is 319 g/mol. The summed E-state index contributed by atoms with van der Waals surface area (Å²) in [5.41, 5.74) is 5.97. The fraction of sp³-hybridized carbons (Fsp3) is 0.632. The van der Waals surface area contributed by atoms with Crippen molar-refractivity contribution in [2.24, 2.45) is 28.4 Å². The molecule has 4 heteroatoms. The standard InChI is InChI=1S/C19H23F2NO/c1-17(10-15(20)21)13-7-18(12-5-3-2-4-6-12)9-14(17)19(8-13,11-18)16(22)23/h2-6,13-15H,7-11H2,1H3,(H2,22,23). The molecule has 1 aromatic rings. The molecule has 23 heavy (non-hydrogen) atoms. The fourth-order valence-electron chi connectivity index (χ4n) is 6.48. The number of amides is 1. The lowest BCUT2D eigenvalue weighted by Crippen LogP contribution is -2.42. The third-order valence-electron chi connectivity index (χ3n) is 7.36. The van der Waals surface area contributed by atoms with Gasteiger partial charge >= 0.3 is 0 Å². The third-order valence-corrected chi connectivity index (χ3v) is 7.36. The van der Waals surface area contributed by atoms with Crippen LogP contribution in [0, 0.1) is 22.7 Å². The summed E-state index contributed by atoms with van der Waals surface area (Å²) in [7, 11) is 0. The predicted molar refractivity (Wildman–Crippen MR) is 83.9 cm³/mol. The van der Waals surface area contributed by atoms with E-state index in [0.29, 0.717) is 6.42 Å². The topological polar surface area (TPSA) is 43.1 Å². The molecule has 4 saturated carbocycles. The zero-order valence-electron chi connectivity index (χ0n) is 13.4. The Morgan fingerprint density at radius 3 is 2.57 bits per heavy atom. The number of benzene rings is 1. The molecule has 0 saturated heterocycles. The Morgan fingerprint density at radius 1 is 1.26 bits per heavy atom. The van der Waals surface area contributed by atoms with Crippen LogP contribution in [0.3, 0.4) is 0 Å². The van der Waals surface area contributed by atoms with Crippen LogP contribution in [0.5, 0.6) is 0 Å². The zero-order chi connectivity index (χ0) is 16.5. The Kier molecular flexibility index (Phi) is 2.99. The summed E-state index contributed by atoms with van der Waals surface area (Å²) in [6, 6.07) is 10.3. The monoisotopic (exact) mass is 319 g/mol. The smallest absolute Gasteiger partial charge is 0.239 e. The zero-order valence-corrected chi connectivity index (χ0v) is 13.4. The molecule has 0 radical (unpaired) electrons. The largest absolute Gasteiger partial charge is 0.369 e. The van der Waals surface area contributed by atoms with Crippen LogP contribution in [-0.2, 0) is 10.2 Å². The van der Waals surface area contributed by atoms with Crippen molar-refractivity contribution < 1.29 is 13.6 Å². The first-order valence-electron chi connectivity index (χ1n) is 8.46. The molecule has 4 aliphatic carbocycles. The lowest BCUT2D eigenvalue weighted by atomic mass is 9.57. The molecule has 0 aromatic heterocycles. The van der Waals surface area contributed by atoms with E-state index in [1.807, 2.05) is 25.1 Å². The molecule has 5 rings (SSSR count). The Hall–Kier alpha value is -1.45.